The van der Waals surface area contributed by atoms with Crippen LogP contribution in [-0.4, -0.2) is 46.5 Å². The smallest absolute Gasteiger partial charge is 0.170 e. The Kier molecular flexibility index (Phi) is 3.63. The highest BCUT2D eigenvalue weighted by molar-refractivity contribution is 4.89. The van der Waals surface area contributed by atoms with E-state index in [4.69, 9.17) is 15.6 Å². The van der Waals surface area contributed by atoms with Crippen LogP contribution in [0.15, 0.2) is 0 Å². The second-order valence-electron chi connectivity index (χ2n) is 3.39. The summed E-state index contributed by atoms with van der Waals surface area (Å²) in [5.74, 6) is -0.221. The standard InChI is InChI=1S/C8H17NO4/c1-2-4-6(9)8(12)13-5(3-10)7(4)11/h4-8,10-12H,2-3,9H2,1H3/t4-,5+,6+,7-,8-/m0/s1. The van der Waals surface area contributed by atoms with E-state index in [-0.39, 0.29) is 12.5 Å². The molecule has 0 aromatic carbocycles. The normalized spacial score (nSPS) is 46.4. The van der Waals surface area contributed by atoms with Gasteiger partial charge in [-0.3, -0.25) is 0 Å². The molecule has 1 aliphatic heterocycles. The van der Waals surface area contributed by atoms with Gasteiger partial charge in [-0.05, 0) is 6.42 Å². The summed E-state index contributed by atoms with van der Waals surface area (Å²) < 4.78 is 4.92. The van der Waals surface area contributed by atoms with Crippen molar-refractivity contribution >= 4 is 0 Å². The highest BCUT2D eigenvalue weighted by atomic mass is 16.6. The van der Waals surface area contributed by atoms with Gasteiger partial charge in [0.25, 0.3) is 0 Å². The van der Waals surface area contributed by atoms with Gasteiger partial charge in [-0.15, -0.1) is 0 Å². The average Bonchev–Trinajstić information content (AvgIpc) is 2.12. The van der Waals surface area contributed by atoms with Crippen LogP contribution in [0.3, 0.4) is 0 Å². The van der Waals surface area contributed by atoms with Crippen molar-refractivity contribution in [3.05, 3.63) is 0 Å². The predicted molar refractivity (Wildman–Crippen MR) is 45.7 cm³/mol. The lowest BCUT2D eigenvalue weighted by molar-refractivity contribution is -0.236. The predicted octanol–water partition coefficient (Wildman–Crippen LogP) is -1.59. The number of nitrogens with two attached hydrogens (primary N) is 1. The van der Waals surface area contributed by atoms with Gasteiger partial charge in [-0.25, -0.2) is 0 Å². The Balaban J connectivity index is 2.69. The van der Waals surface area contributed by atoms with Gasteiger partial charge in [0.1, 0.15) is 6.10 Å². The minimum Gasteiger partial charge on any atom is -0.394 e. The van der Waals surface area contributed by atoms with Crippen molar-refractivity contribution in [2.24, 2.45) is 11.7 Å². The first kappa shape index (κ1) is 10.9. The van der Waals surface area contributed by atoms with Gasteiger partial charge in [0.2, 0.25) is 0 Å². The first-order valence-corrected chi connectivity index (χ1v) is 4.49. The number of hydrogen-bond donors (Lipinski definition) is 4. The fourth-order valence-corrected chi connectivity index (χ4v) is 1.73. The molecular formula is C8H17NO4. The minimum atomic E-state index is -1.09. The van der Waals surface area contributed by atoms with E-state index in [1.807, 2.05) is 6.92 Å². The summed E-state index contributed by atoms with van der Waals surface area (Å²) in [6, 6.07) is -0.581. The zero-order chi connectivity index (χ0) is 10.0. The second-order valence-corrected chi connectivity index (χ2v) is 3.39. The summed E-state index contributed by atoms with van der Waals surface area (Å²) in [5, 5.41) is 27.8. The number of aliphatic hydroxyl groups is 3. The number of aliphatic hydroxyl groups excluding tert-OH is 3. The minimum absolute atomic E-state index is 0.221. The maximum Gasteiger partial charge on any atom is 0.170 e. The first-order chi connectivity index (χ1) is 6.11. The van der Waals surface area contributed by atoms with Gasteiger partial charge in [0.05, 0.1) is 18.8 Å². The van der Waals surface area contributed by atoms with Crippen LogP contribution in [0.2, 0.25) is 0 Å². The molecule has 0 radical (unpaired) electrons. The van der Waals surface area contributed by atoms with Crippen LogP contribution in [-0.2, 0) is 4.74 Å². The van der Waals surface area contributed by atoms with Crippen LogP contribution >= 0.6 is 0 Å². The van der Waals surface area contributed by atoms with Crippen LogP contribution in [0.1, 0.15) is 13.3 Å². The number of ether oxygens (including phenoxy) is 1. The van der Waals surface area contributed by atoms with Gasteiger partial charge in [0, 0.05) is 5.92 Å². The number of hydrogen-bond acceptors (Lipinski definition) is 5. The Hall–Kier alpha value is -0.200. The molecule has 1 rings (SSSR count). The molecule has 0 amide bonds. The first-order valence-electron chi connectivity index (χ1n) is 4.49. The molecule has 0 bridgehead atoms. The van der Waals surface area contributed by atoms with E-state index in [1.165, 1.54) is 0 Å². The molecule has 0 saturated carbocycles. The van der Waals surface area contributed by atoms with Crippen LogP contribution in [0.4, 0.5) is 0 Å². The fraction of sp³-hybridized carbons (Fsp3) is 1.00. The summed E-state index contributed by atoms with van der Waals surface area (Å²) in [5.41, 5.74) is 5.62. The fourth-order valence-electron chi connectivity index (χ4n) is 1.73. The zero-order valence-corrected chi connectivity index (χ0v) is 7.63. The Labute approximate surface area is 77.1 Å². The van der Waals surface area contributed by atoms with Crippen molar-refractivity contribution in [1.29, 1.82) is 0 Å². The van der Waals surface area contributed by atoms with Crippen molar-refractivity contribution in [2.75, 3.05) is 6.61 Å². The molecular weight excluding hydrogens is 174 g/mol. The maximum atomic E-state index is 9.64. The van der Waals surface area contributed by atoms with Crippen molar-refractivity contribution in [2.45, 2.75) is 37.9 Å². The number of rotatable bonds is 2. The third-order valence-corrected chi connectivity index (χ3v) is 2.61. The molecule has 0 unspecified atom stereocenters. The lowest BCUT2D eigenvalue weighted by Gasteiger charge is -2.40. The Bertz CT molecular complexity index is 166. The summed E-state index contributed by atoms with van der Waals surface area (Å²) in [4.78, 5) is 0. The van der Waals surface area contributed by atoms with Gasteiger partial charge in [-0.2, -0.15) is 0 Å². The molecule has 1 heterocycles. The van der Waals surface area contributed by atoms with Crippen LogP contribution in [0, 0.1) is 5.92 Å². The lowest BCUT2D eigenvalue weighted by atomic mass is 9.86. The molecule has 0 aliphatic carbocycles. The lowest BCUT2D eigenvalue weighted by Crippen LogP contribution is -2.58. The van der Waals surface area contributed by atoms with Crippen molar-refractivity contribution in [1.82, 2.24) is 0 Å². The van der Waals surface area contributed by atoms with E-state index in [1.54, 1.807) is 0 Å². The van der Waals surface area contributed by atoms with Crippen molar-refractivity contribution < 1.29 is 20.1 Å². The summed E-state index contributed by atoms with van der Waals surface area (Å²) >= 11 is 0. The molecule has 5 N–H and O–H groups in total. The van der Waals surface area contributed by atoms with Crippen LogP contribution in [0.5, 0.6) is 0 Å². The highest BCUT2D eigenvalue weighted by Gasteiger charge is 2.41. The van der Waals surface area contributed by atoms with Gasteiger partial charge < -0.3 is 25.8 Å². The molecule has 13 heavy (non-hydrogen) atoms. The SMILES string of the molecule is CC[C@H]1[C@@H](N)[C@@H](O)O[C@H](CO)[C@H]1O. The summed E-state index contributed by atoms with van der Waals surface area (Å²) in [6.45, 7) is 1.57. The molecule has 5 nitrogen and oxygen atoms in total. The van der Waals surface area contributed by atoms with Gasteiger partial charge in [-0.1, -0.05) is 6.92 Å². The molecule has 1 saturated heterocycles. The van der Waals surface area contributed by atoms with E-state index in [0.29, 0.717) is 6.42 Å². The van der Waals surface area contributed by atoms with E-state index >= 15 is 0 Å². The molecule has 5 atom stereocenters. The third kappa shape index (κ3) is 2.00. The van der Waals surface area contributed by atoms with Crippen LogP contribution in [0.25, 0.3) is 0 Å². The molecule has 78 valence electrons. The molecule has 5 heteroatoms. The molecule has 1 fully saturated rings. The van der Waals surface area contributed by atoms with Gasteiger partial charge in [0.15, 0.2) is 6.29 Å². The van der Waals surface area contributed by atoms with E-state index in [9.17, 15) is 10.2 Å². The second kappa shape index (κ2) is 4.34. The average molecular weight is 191 g/mol. The Morgan fingerprint density at radius 1 is 1.38 bits per heavy atom. The van der Waals surface area contributed by atoms with Crippen molar-refractivity contribution in [3.8, 4) is 0 Å². The highest BCUT2D eigenvalue weighted by Crippen LogP contribution is 2.25. The monoisotopic (exact) mass is 191 g/mol. The molecule has 1 aliphatic rings. The molecule has 0 aromatic heterocycles. The maximum absolute atomic E-state index is 9.64. The Morgan fingerprint density at radius 2 is 2.00 bits per heavy atom. The Morgan fingerprint density at radius 3 is 2.46 bits per heavy atom. The van der Waals surface area contributed by atoms with E-state index in [0.717, 1.165) is 0 Å². The van der Waals surface area contributed by atoms with E-state index < -0.39 is 24.5 Å². The molecule has 0 aromatic rings. The van der Waals surface area contributed by atoms with Crippen LogP contribution < -0.4 is 5.73 Å². The van der Waals surface area contributed by atoms with Gasteiger partial charge >= 0.3 is 0 Å². The topological polar surface area (TPSA) is 95.9 Å². The largest absolute Gasteiger partial charge is 0.394 e. The summed E-state index contributed by atoms with van der Waals surface area (Å²) in [7, 11) is 0. The van der Waals surface area contributed by atoms with E-state index in [2.05, 4.69) is 0 Å². The van der Waals surface area contributed by atoms with Crippen molar-refractivity contribution in [3.63, 3.8) is 0 Å². The summed E-state index contributed by atoms with van der Waals surface area (Å²) in [6.07, 6.45) is -1.96. The zero-order valence-electron chi connectivity index (χ0n) is 7.63. The molecule has 0 spiro atoms. The quantitative estimate of drug-likeness (QED) is 0.422. The third-order valence-electron chi connectivity index (χ3n) is 2.61.